The summed E-state index contributed by atoms with van der Waals surface area (Å²) in [4.78, 5) is 27.0. The summed E-state index contributed by atoms with van der Waals surface area (Å²) in [7, 11) is 1.50. The van der Waals surface area contributed by atoms with Crippen LogP contribution in [0.5, 0.6) is 5.75 Å². The fraction of sp³-hybridized carbons (Fsp3) is 0.478. The van der Waals surface area contributed by atoms with Crippen molar-refractivity contribution in [2.24, 2.45) is 0 Å². The van der Waals surface area contributed by atoms with E-state index in [0.29, 0.717) is 38.0 Å². The van der Waals surface area contributed by atoms with Crippen LogP contribution in [0.2, 0.25) is 0 Å². The van der Waals surface area contributed by atoms with E-state index in [1.165, 1.54) is 13.2 Å². The van der Waals surface area contributed by atoms with Crippen molar-refractivity contribution in [1.29, 1.82) is 0 Å². The van der Waals surface area contributed by atoms with Crippen LogP contribution in [-0.2, 0) is 20.9 Å². The Labute approximate surface area is 176 Å². The molecule has 2 heterocycles. The Bertz CT molecular complexity index is 912. The number of aromatic hydroxyl groups is 1. The van der Waals surface area contributed by atoms with Gasteiger partial charge in [0.1, 0.15) is 12.4 Å². The third kappa shape index (κ3) is 5.09. The van der Waals surface area contributed by atoms with E-state index >= 15 is 0 Å². The van der Waals surface area contributed by atoms with E-state index in [1.54, 1.807) is 4.90 Å². The number of rotatable bonds is 7. The van der Waals surface area contributed by atoms with Crippen LogP contribution in [0.4, 0.5) is 0 Å². The van der Waals surface area contributed by atoms with Gasteiger partial charge in [0.2, 0.25) is 17.1 Å². The Morgan fingerprint density at radius 2 is 1.80 bits per heavy atom. The van der Waals surface area contributed by atoms with Crippen molar-refractivity contribution < 1.29 is 23.8 Å². The highest BCUT2D eigenvalue weighted by Gasteiger charge is 2.28. The number of carbonyl (C=O) groups excluding carboxylic acids is 1. The third-order valence-electron chi connectivity index (χ3n) is 5.35. The summed E-state index contributed by atoms with van der Waals surface area (Å²) in [5, 5.41) is 10.5. The molecule has 30 heavy (non-hydrogen) atoms. The van der Waals surface area contributed by atoms with Gasteiger partial charge in [0.05, 0.1) is 19.1 Å². The summed E-state index contributed by atoms with van der Waals surface area (Å²) in [6.45, 7) is 6.36. The zero-order valence-corrected chi connectivity index (χ0v) is 17.7. The molecule has 1 amide bonds. The van der Waals surface area contributed by atoms with E-state index in [0.717, 1.165) is 11.1 Å². The SMILES string of the molecule is COCc1cc(=O)c(O)c([C@@H](CC(=O)N2CCOCC2)c2ccc(C(C)C)cc2)o1. The number of hydrogen-bond acceptors (Lipinski definition) is 6. The number of methoxy groups -OCH3 is 1. The molecule has 1 fully saturated rings. The van der Waals surface area contributed by atoms with Gasteiger partial charge in [-0.15, -0.1) is 0 Å². The first kappa shape index (κ1) is 22.1. The second kappa shape index (κ2) is 9.91. The van der Waals surface area contributed by atoms with Gasteiger partial charge in [0, 0.05) is 32.7 Å². The molecule has 0 aliphatic carbocycles. The molecule has 1 N–H and O–H groups in total. The molecule has 7 nitrogen and oxygen atoms in total. The van der Waals surface area contributed by atoms with Gasteiger partial charge in [0.15, 0.2) is 5.76 Å². The van der Waals surface area contributed by atoms with Gasteiger partial charge in [-0.2, -0.15) is 0 Å². The lowest BCUT2D eigenvalue weighted by atomic mass is 9.89. The van der Waals surface area contributed by atoms with Gasteiger partial charge in [-0.1, -0.05) is 38.1 Å². The second-order valence-electron chi connectivity index (χ2n) is 7.79. The van der Waals surface area contributed by atoms with E-state index in [2.05, 4.69) is 13.8 Å². The maximum absolute atomic E-state index is 13.0. The molecular formula is C23H29NO6. The van der Waals surface area contributed by atoms with Gasteiger partial charge in [-0.25, -0.2) is 0 Å². The third-order valence-corrected chi connectivity index (χ3v) is 5.35. The van der Waals surface area contributed by atoms with E-state index in [9.17, 15) is 14.7 Å². The predicted molar refractivity (Wildman–Crippen MR) is 112 cm³/mol. The van der Waals surface area contributed by atoms with Crippen LogP contribution in [0.25, 0.3) is 0 Å². The van der Waals surface area contributed by atoms with Crippen molar-refractivity contribution >= 4 is 5.91 Å². The molecule has 1 aromatic heterocycles. The fourth-order valence-electron chi connectivity index (χ4n) is 3.60. The zero-order chi connectivity index (χ0) is 21.7. The van der Waals surface area contributed by atoms with Crippen LogP contribution in [0.3, 0.4) is 0 Å². The van der Waals surface area contributed by atoms with Crippen LogP contribution in [0.15, 0.2) is 39.5 Å². The first-order valence-electron chi connectivity index (χ1n) is 10.2. The molecule has 0 unspecified atom stereocenters. The maximum Gasteiger partial charge on any atom is 0.227 e. The highest BCUT2D eigenvalue weighted by Crippen LogP contribution is 2.34. The molecule has 1 aliphatic heterocycles. The molecule has 3 rings (SSSR count). The summed E-state index contributed by atoms with van der Waals surface area (Å²) >= 11 is 0. The van der Waals surface area contributed by atoms with E-state index in [-0.39, 0.29) is 24.7 Å². The van der Waals surface area contributed by atoms with Crippen molar-refractivity contribution in [3.63, 3.8) is 0 Å². The van der Waals surface area contributed by atoms with Crippen LogP contribution in [0, 0.1) is 0 Å². The number of benzene rings is 1. The molecule has 162 valence electrons. The first-order chi connectivity index (χ1) is 14.4. The highest BCUT2D eigenvalue weighted by molar-refractivity contribution is 5.78. The highest BCUT2D eigenvalue weighted by atomic mass is 16.5. The number of nitrogens with zero attached hydrogens (tertiary/aromatic N) is 1. The number of morpholine rings is 1. The Morgan fingerprint density at radius 3 is 2.40 bits per heavy atom. The molecule has 0 bridgehead atoms. The normalized spacial score (nSPS) is 15.4. The van der Waals surface area contributed by atoms with E-state index < -0.39 is 17.1 Å². The minimum Gasteiger partial charge on any atom is -0.502 e. The minimum atomic E-state index is -0.592. The fourth-order valence-corrected chi connectivity index (χ4v) is 3.60. The molecule has 0 radical (unpaired) electrons. The molecule has 1 saturated heterocycles. The lowest BCUT2D eigenvalue weighted by Crippen LogP contribution is -2.41. The minimum absolute atomic E-state index is 0.0737. The Morgan fingerprint density at radius 1 is 1.17 bits per heavy atom. The first-order valence-corrected chi connectivity index (χ1v) is 10.2. The van der Waals surface area contributed by atoms with Crippen molar-refractivity contribution in [3.05, 3.63) is 63.2 Å². The Kier molecular flexibility index (Phi) is 7.29. The molecular weight excluding hydrogens is 386 g/mol. The summed E-state index contributed by atoms with van der Waals surface area (Å²) in [5.74, 6) is -0.376. The molecule has 2 aromatic rings. The quantitative estimate of drug-likeness (QED) is 0.748. The predicted octanol–water partition coefficient (Wildman–Crippen LogP) is 3.00. The van der Waals surface area contributed by atoms with Crippen LogP contribution in [-0.4, -0.2) is 49.3 Å². The molecule has 0 saturated carbocycles. The number of ether oxygens (including phenoxy) is 2. The van der Waals surface area contributed by atoms with Gasteiger partial charge >= 0.3 is 0 Å². The van der Waals surface area contributed by atoms with Crippen LogP contribution in [0.1, 0.15) is 54.8 Å². The molecule has 0 spiro atoms. The van der Waals surface area contributed by atoms with Gasteiger partial charge in [0.25, 0.3) is 0 Å². The average Bonchev–Trinajstić information content (AvgIpc) is 2.75. The second-order valence-corrected chi connectivity index (χ2v) is 7.79. The molecule has 7 heteroatoms. The smallest absolute Gasteiger partial charge is 0.227 e. The van der Waals surface area contributed by atoms with Crippen molar-refractivity contribution in [2.45, 2.75) is 38.7 Å². The van der Waals surface area contributed by atoms with Crippen molar-refractivity contribution in [3.8, 4) is 5.75 Å². The monoisotopic (exact) mass is 415 g/mol. The van der Waals surface area contributed by atoms with Gasteiger partial charge < -0.3 is 23.9 Å². The number of hydrogen-bond donors (Lipinski definition) is 1. The number of amides is 1. The summed E-state index contributed by atoms with van der Waals surface area (Å²) in [6, 6.07) is 9.07. The lowest BCUT2D eigenvalue weighted by Gasteiger charge is -2.28. The molecule has 1 aromatic carbocycles. The van der Waals surface area contributed by atoms with Gasteiger partial charge in [-0.05, 0) is 17.0 Å². The Balaban J connectivity index is 2.00. The maximum atomic E-state index is 13.0. The molecule has 1 aliphatic rings. The van der Waals surface area contributed by atoms with Gasteiger partial charge in [-0.3, -0.25) is 9.59 Å². The van der Waals surface area contributed by atoms with E-state index in [4.69, 9.17) is 13.9 Å². The molecule has 1 atom stereocenters. The zero-order valence-electron chi connectivity index (χ0n) is 17.7. The largest absolute Gasteiger partial charge is 0.502 e. The average molecular weight is 415 g/mol. The van der Waals surface area contributed by atoms with Crippen LogP contribution >= 0.6 is 0 Å². The standard InChI is InChI=1S/C23H29NO6/c1-15(2)16-4-6-17(7-5-16)19(13-21(26)24-8-10-29-11-9-24)23-22(27)20(25)12-18(30-23)14-28-3/h4-7,12,15,19,27H,8-11,13-14H2,1-3H3/t19-/m0/s1. The van der Waals surface area contributed by atoms with Crippen LogP contribution < -0.4 is 5.43 Å². The number of carbonyl (C=O) groups is 1. The summed E-state index contributed by atoms with van der Waals surface area (Å²) in [5.41, 5.74) is 1.41. The lowest BCUT2D eigenvalue weighted by molar-refractivity contribution is -0.135. The Hall–Kier alpha value is -2.64. The van der Waals surface area contributed by atoms with Crippen molar-refractivity contribution in [2.75, 3.05) is 33.4 Å². The topological polar surface area (TPSA) is 89.2 Å². The summed E-state index contributed by atoms with van der Waals surface area (Å²) < 4.78 is 16.2. The van der Waals surface area contributed by atoms with E-state index in [1.807, 2.05) is 24.3 Å². The summed E-state index contributed by atoms with van der Waals surface area (Å²) in [6.07, 6.45) is 0.0773. The van der Waals surface area contributed by atoms with Crippen molar-refractivity contribution in [1.82, 2.24) is 4.90 Å².